The number of carbonyl (C=O) groups is 1. The lowest BCUT2D eigenvalue weighted by atomic mass is 9.84. The van der Waals surface area contributed by atoms with Crippen molar-refractivity contribution in [1.29, 1.82) is 0 Å². The Bertz CT molecular complexity index is 438. The van der Waals surface area contributed by atoms with Crippen LogP contribution in [-0.4, -0.2) is 12.0 Å². The van der Waals surface area contributed by atoms with Crippen molar-refractivity contribution in [2.24, 2.45) is 16.3 Å². The molecule has 0 fully saturated rings. The molecule has 0 aromatic rings. The summed E-state index contributed by atoms with van der Waals surface area (Å²) in [6.07, 6.45) is 13.5. The van der Waals surface area contributed by atoms with Crippen molar-refractivity contribution in [2.45, 2.75) is 134 Å². The van der Waals surface area contributed by atoms with Crippen LogP contribution in [0.2, 0.25) is 0 Å². The molecule has 180 valence electrons. The smallest absolute Gasteiger partial charge is 0.135 e. The molecule has 0 unspecified atom stereocenters. The third-order valence-electron chi connectivity index (χ3n) is 4.76. The van der Waals surface area contributed by atoms with Gasteiger partial charge in [0, 0.05) is 23.7 Å². The van der Waals surface area contributed by atoms with Crippen molar-refractivity contribution < 1.29 is 4.79 Å². The highest BCUT2D eigenvalue weighted by molar-refractivity contribution is 5.82. The van der Waals surface area contributed by atoms with Crippen molar-refractivity contribution in [3.8, 4) is 0 Å². The highest BCUT2D eigenvalue weighted by Crippen LogP contribution is 2.26. The average molecular weight is 424 g/mol. The van der Waals surface area contributed by atoms with E-state index in [4.69, 9.17) is 0 Å². The summed E-state index contributed by atoms with van der Waals surface area (Å²) in [7, 11) is 0. The van der Waals surface area contributed by atoms with E-state index in [0.29, 0.717) is 6.42 Å². The molecular weight excluding hydrogens is 366 g/mol. The Labute approximate surface area is 191 Å². The van der Waals surface area contributed by atoms with Crippen LogP contribution in [0.1, 0.15) is 134 Å². The molecule has 30 heavy (non-hydrogen) atoms. The minimum Gasteiger partial charge on any atom is -0.299 e. The first-order chi connectivity index (χ1) is 14.1. The number of carbonyl (C=O) groups excluding carboxylic acids is 1. The van der Waals surface area contributed by atoms with Crippen LogP contribution in [0.4, 0.5) is 0 Å². The van der Waals surface area contributed by atoms with Gasteiger partial charge in [0.1, 0.15) is 5.78 Å². The number of aliphatic imine (C=N–C) groups is 1. The standard InChI is InChI=1S/C16H27NO.C8H18.2C2H6/c1-7-9-10-15(8-2)12-17-13(3)11-16(5,6)14(4)18;1-4-6-8(3)7-5-2;2*1-2/h8,12H,3,7,9-11H2,1-2,4-6H3;8H,4-7H2,1-3H3;2*1-2H3/b15-8-,17-12?;;;. The van der Waals surface area contributed by atoms with Gasteiger partial charge in [0.2, 0.25) is 0 Å². The van der Waals surface area contributed by atoms with Gasteiger partial charge in [-0.25, -0.2) is 0 Å². The number of Topliss-reactive ketones (excluding diaryl/α,β-unsaturated/α-hetero) is 1. The van der Waals surface area contributed by atoms with E-state index in [-0.39, 0.29) is 11.2 Å². The Morgan fingerprint density at radius 1 is 1.00 bits per heavy atom. The van der Waals surface area contributed by atoms with Crippen LogP contribution in [0.25, 0.3) is 0 Å². The normalized spacial score (nSPS) is 11.0. The van der Waals surface area contributed by atoms with Crippen LogP contribution < -0.4 is 0 Å². The lowest BCUT2D eigenvalue weighted by Crippen LogP contribution is -2.21. The van der Waals surface area contributed by atoms with Crippen molar-refractivity contribution in [3.63, 3.8) is 0 Å². The molecule has 0 bridgehead atoms. The number of unbranched alkanes of at least 4 members (excludes halogenated alkanes) is 1. The zero-order chi connectivity index (χ0) is 24.6. The molecule has 0 spiro atoms. The van der Waals surface area contributed by atoms with E-state index in [9.17, 15) is 4.79 Å². The summed E-state index contributed by atoms with van der Waals surface area (Å²) in [5.74, 6) is 1.14. The highest BCUT2D eigenvalue weighted by atomic mass is 16.1. The topological polar surface area (TPSA) is 29.4 Å². The molecule has 0 aliphatic carbocycles. The fraction of sp³-hybridized carbons (Fsp3) is 0.786. The molecule has 2 nitrogen and oxygen atoms in total. The molecule has 0 aromatic heterocycles. The van der Waals surface area contributed by atoms with Gasteiger partial charge in [0.15, 0.2) is 0 Å². The van der Waals surface area contributed by atoms with Gasteiger partial charge in [-0.1, -0.05) is 114 Å². The molecule has 0 amide bonds. The van der Waals surface area contributed by atoms with Gasteiger partial charge >= 0.3 is 0 Å². The Kier molecular flexibility index (Phi) is 31.2. The van der Waals surface area contributed by atoms with Gasteiger partial charge in [0.25, 0.3) is 0 Å². The molecule has 0 radical (unpaired) electrons. The largest absolute Gasteiger partial charge is 0.299 e. The second-order valence-electron chi connectivity index (χ2n) is 8.09. The average Bonchev–Trinajstić information content (AvgIpc) is 2.71. The van der Waals surface area contributed by atoms with Gasteiger partial charge < -0.3 is 0 Å². The van der Waals surface area contributed by atoms with Gasteiger partial charge in [-0.3, -0.25) is 9.79 Å². The maximum absolute atomic E-state index is 11.4. The minimum atomic E-state index is -0.367. The Morgan fingerprint density at radius 3 is 1.80 bits per heavy atom. The number of rotatable bonds is 12. The lowest BCUT2D eigenvalue weighted by molar-refractivity contribution is -0.124. The Hall–Kier alpha value is -1.18. The fourth-order valence-corrected chi connectivity index (χ4v) is 2.65. The second-order valence-corrected chi connectivity index (χ2v) is 8.09. The molecule has 0 aliphatic heterocycles. The third-order valence-corrected chi connectivity index (χ3v) is 4.76. The Morgan fingerprint density at radius 2 is 1.47 bits per heavy atom. The number of nitrogens with zero attached hydrogens (tertiary/aromatic N) is 1. The molecule has 0 saturated heterocycles. The fourth-order valence-electron chi connectivity index (χ4n) is 2.65. The first-order valence-electron chi connectivity index (χ1n) is 12.5. The summed E-state index contributed by atoms with van der Waals surface area (Å²) in [5.41, 5.74) is 1.64. The predicted molar refractivity (Wildman–Crippen MR) is 142 cm³/mol. The molecular formula is C28H57NO. The SMILES string of the molecule is C=C(CC(C)(C)C(C)=O)N=C/C(=C\C)CCCC.CC.CC.CCCC(C)CCC. The Balaban J connectivity index is -0.000000235. The van der Waals surface area contributed by atoms with Gasteiger partial charge in [-0.2, -0.15) is 0 Å². The molecule has 0 N–H and O–H groups in total. The van der Waals surface area contributed by atoms with Gasteiger partial charge in [-0.05, 0) is 38.2 Å². The minimum absolute atomic E-state index is 0.177. The lowest BCUT2D eigenvalue weighted by Gasteiger charge is -2.20. The zero-order valence-electron chi connectivity index (χ0n) is 23.0. The maximum Gasteiger partial charge on any atom is 0.135 e. The molecule has 0 aliphatic rings. The van der Waals surface area contributed by atoms with E-state index >= 15 is 0 Å². The molecule has 2 heteroatoms. The van der Waals surface area contributed by atoms with E-state index in [1.54, 1.807) is 6.92 Å². The molecule has 0 saturated carbocycles. The summed E-state index contributed by atoms with van der Waals surface area (Å²) >= 11 is 0. The van der Waals surface area contributed by atoms with Crippen LogP contribution in [0.3, 0.4) is 0 Å². The van der Waals surface area contributed by atoms with Crippen molar-refractivity contribution in [1.82, 2.24) is 0 Å². The summed E-state index contributed by atoms with van der Waals surface area (Å²) in [6.45, 7) is 28.5. The molecule has 0 heterocycles. The van der Waals surface area contributed by atoms with Crippen molar-refractivity contribution in [2.75, 3.05) is 0 Å². The monoisotopic (exact) mass is 423 g/mol. The summed E-state index contributed by atoms with van der Waals surface area (Å²) < 4.78 is 0. The zero-order valence-corrected chi connectivity index (χ0v) is 23.0. The van der Waals surface area contributed by atoms with Crippen LogP contribution in [-0.2, 0) is 4.79 Å². The van der Waals surface area contributed by atoms with E-state index < -0.39 is 0 Å². The third kappa shape index (κ3) is 24.9. The van der Waals surface area contributed by atoms with Gasteiger partial charge in [0.05, 0.1) is 0 Å². The van der Waals surface area contributed by atoms with Crippen LogP contribution in [0.5, 0.6) is 0 Å². The number of hydrogen-bond acceptors (Lipinski definition) is 2. The number of ketones is 1. The van der Waals surface area contributed by atoms with E-state index in [1.807, 2.05) is 54.7 Å². The van der Waals surface area contributed by atoms with E-state index in [0.717, 1.165) is 18.0 Å². The van der Waals surface area contributed by atoms with Crippen molar-refractivity contribution in [3.05, 3.63) is 23.9 Å². The highest BCUT2D eigenvalue weighted by Gasteiger charge is 2.24. The number of hydrogen-bond donors (Lipinski definition) is 0. The first kappa shape index (κ1) is 36.2. The quantitative estimate of drug-likeness (QED) is 0.287. The van der Waals surface area contributed by atoms with E-state index in [2.05, 4.69) is 45.3 Å². The van der Waals surface area contributed by atoms with Crippen molar-refractivity contribution >= 4 is 12.0 Å². The summed E-state index contributed by atoms with van der Waals surface area (Å²) in [5, 5.41) is 0. The van der Waals surface area contributed by atoms with Gasteiger partial charge in [-0.15, -0.1) is 0 Å². The van der Waals surface area contributed by atoms with Crippen LogP contribution in [0.15, 0.2) is 28.9 Å². The molecule has 0 atom stereocenters. The maximum atomic E-state index is 11.4. The summed E-state index contributed by atoms with van der Waals surface area (Å²) in [6, 6.07) is 0. The van der Waals surface area contributed by atoms with Crippen LogP contribution in [0, 0.1) is 11.3 Å². The first-order valence-corrected chi connectivity index (χ1v) is 12.5. The number of allylic oxidation sites excluding steroid dienone is 3. The molecule has 0 aromatic carbocycles. The predicted octanol–water partition coefficient (Wildman–Crippen LogP) is 9.99. The van der Waals surface area contributed by atoms with E-state index in [1.165, 1.54) is 44.1 Å². The molecule has 0 rings (SSSR count). The summed E-state index contributed by atoms with van der Waals surface area (Å²) in [4.78, 5) is 15.8. The van der Waals surface area contributed by atoms with Crippen LogP contribution >= 0.6 is 0 Å². The second kappa shape index (κ2) is 25.9.